The highest BCUT2D eigenvalue weighted by Crippen LogP contribution is 2.12. The third-order valence-electron chi connectivity index (χ3n) is 2.70. The van der Waals surface area contributed by atoms with Crippen LogP contribution in [0.5, 0.6) is 0 Å². The average Bonchev–Trinajstić information content (AvgIpc) is 2.27. The molecule has 0 aliphatic rings. The normalized spacial score (nSPS) is 12.8. The number of aromatic nitrogens is 2. The molecule has 0 bridgehead atoms. The van der Waals surface area contributed by atoms with Gasteiger partial charge >= 0.3 is 0 Å². The molecule has 0 amide bonds. The lowest BCUT2D eigenvalue weighted by molar-refractivity contribution is 0.267. The predicted molar refractivity (Wildman–Crippen MR) is 68.2 cm³/mol. The van der Waals surface area contributed by atoms with Crippen molar-refractivity contribution in [1.82, 2.24) is 9.97 Å². The van der Waals surface area contributed by atoms with Crippen LogP contribution in [0.4, 0.5) is 5.82 Å². The molecule has 0 aliphatic heterocycles. The van der Waals surface area contributed by atoms with E-state index in [9.17, 15) is 4.79 Å². The van der Waals surface area contributed by atoms with Gasteiger partial charge in [0.25, 0.3) is 5.56 Å². The van der Waals surface area contributed by atoms with Gasteiger partial charge in [0, 0.05) is 25.1 Å². The van der Waals surface area contributed by atoms with Gasteiger partial charge in [0.15, 0.2) is 0 Å². The first-order valence-corrected chi connectivity index (χ1v) is 6.04. The fourth-order valence-corrected chi connectivity index (χ4v) is 1.65. The molecule has 1 unspecified atom stereocenters. The minimum atomic E-state index is -0.147. The summed E-state index contributed by atoms with van der Waals surface area (Å²) in [4.78, 5) is 18.4. The molecule has 0 aliphatic carbocycles. The second kappa shape index (κ2) is 6.39. The number of rotatable bonds is 6. The Labute approximate surface area is 101 Å². The van der Waals surface area contributed by atoms with Crippen LogP contribution in [-0.4, -0.2) is 27.7 Å². The van der Waals surface area contributed by atoms with Crippen molar-refractivity contribution in [3.63, 3.8) is 0 Å². The summed E-state index contributed by atoms with van der Waals surface area (Å²) >= 11 is 0. The molecule has 1 rings (SSSR count). The van der Waals surface area contributed by atoms with Crippen LogP contribution in [-0.2, 0) is 6.42 Å². The molecule has 5 heteroatoms. The molecule has 0 fully saturated rings. The van der Waals surface area contributed by atoms with Crippen LogP contribution in [0.2, 0.25) is 0 Å². The Morgan fingerprint density at radius 1 is 1.53 bits per heavy atom. The number of H-pyrrole nitrogens is 1. The van der Waals surface area contributed by atoms with E-state index in [0.29, 0.717) is 30.4 Å². The second-order valence-corrected chi connectivity index (χ2v) is 4.44. The average molecular weight is 239 g/mol. The molecule has 1 heterocycles. The summed E-state index contributed by atoms with van der Waals surface area (Å²) in [5, 5.41) is 12.2. The summed E-state index contributed by atoms with van der Waals surface area (Å²) in [7, 11) is 0. The number of hydrogen-bond donors (Lipinski definition) is 3. The summed E-state index contributed by atoms with van der Waals surface area (Å²) < 4.78 is 0. The molecule has 1 aromatic rings. The van der Waals surface area contributed by atoms with Crippen molar-refractivity contribution in [2.45, 2.75) is 39.7 Å². The van der Waals surface area contributed by atoms with E-state index in [1.807, 2.05) is 6.92 Å². The van der Waals surface area contributed by atoms with Crippen LogP contribution < -0.4 is 10.9 Å². The van der Waals surface area contributed by atoms with Gasteiger partial charge in [0.2, 0.25) is 0 Å². The number of hydrogen-bond acceptors (Lipinski definition) is 4. The Kier molecular flexibility index (Phi) is 5.15. The number of aliphatic hydroxyl groups is 1. The lowest BCUT2D eigenvalue weighted by Gasteiger charge is -2.22. The molecule has 0 saturated heterocycles. The fourth-order valence-electron chi connectivity index (χ4n) is 1.65. The highest BCUT2D eigenvalue weighted by Gasteiger charge is 2.13. The van der Waals surface area contributed by atoms with Crippen LogP contribution in [0.15, 0.2) is 10.9 Å². The molecule has 0 radical (unpaired) electrons. The van der Waals surface area contributed by atoms with Gasteiger partial charge in [-0.05, 0) is 12.3 Å². The zero-order chi connectivity index (χ0) is 12.8. The molecule has 5 nitrogen and oxygen atoms in total. The SMILES string of the molecule is CCc1nc(NC(CCO)C(C)C)cc(=O)[nH]1. The third-order valence-corrected chi connectivity index (χ3v) is 2.70. The molecule has 1 aromatic heterocycles. The van der Waals surface area contributed by atoms with Crippen molar-refractivity contribution >= 4 is 5.82 Å². The molecule has 0 spiro atoms. The Morgan fingerprint density at radius 2 is 2.24 bits per heavy atom. The first kappa shape index (κ1) is 13.7. The molecule has 96 valence electrons. The van der Waals surface area contributed by atoms with Crippen molar-refractivity contribution in [1.29, 1.82) is 0 Å². The molecule has 1 atom stereocenters. The van der Waals surface area contributed by atoms with Crippen LogP contribution in [0.1, 0.15) is 33.0 Å². The summed E-state index contributed by atoms with van der Waals surface area (Å²) in [6, 6.07) is 1.57. The van der Waals surface area contributed by atoms with Gasteiger partial charge in [-0.2, -0.15) is 0 Å². The maximum absolute atomic E-state index is 11.4. The summed E-state index contributed by atoms with van der Waals surface area (Å²) in [5.74, 6) is 1.62. The zero-order valence-corrected chi connectivity index (χ0v) is 10.7. The predicted octanol–water partition coefficient (Wildman–Crippen LogP) is 1.15. The number of nitrogens with zero attached hydrogens (tertiary/aromatic N) is 1. The maximum atomic E-state index is 11.4. The largest absolute Gasteiger partial charge is 0.396 e. The van der Waals surface area contributed by atoms with Gasteiger partial charge in [-0.25, -0.2) is 4.98 Å². The van der Waals surface area contributed by atoms with Crippen molar-refractivity contribution in [2.75, 3.05) is 11.9 Å². The lowest BCUT2D eigenvalue weighted by Crippen LogP contribution is -2.28. The standard InChI is InChI=1S/C12H21N3O2/c1-4-10-14-11(7-12(17)15-10)13-9(5-6-16)8(2)3/h7-9,16H,4-6H2,1-3H3,(H2,13,14,15,17). The van der Waals surface area contributed by atoms with Gasteiger partial charge in [0.05, 0.1) is 0 Å². The van der Waals surface area contributed by atoms with E-state index in [-0.39, 0.29) is 18.2 Å². The summed E-state index contributed by atoms with van der Waals surface area (Å²) in [5.41, 5.74) is -0.147. The fraction of sp³-hybridized carbons (Fsp3) is 0.667. The van der Waals surface area contributed by atoms with Gasteiger partial charge in [-0.1, -0.05) is 20.8 Å². The highest BCUT2D eigenvalue weighted by molar-refractivity contribution is 5.34. The maximum Gasteiger partial charge on any atom is 0.252 e. The first-order chi connectivity index (χ1) is 8.06. The van der Waals surface area contributed by atoms with Crippen LogP contribution in [0, 0.1) is 5.92 Å². The minimum absolute atomic E-state index is 0.124. The highest BCUT2D eigenvalue weighted by atomic mass is 16.3. The van der Waals surface area contributed by atoms with Gasteiger partial charge in [-0.3, -0.25) is 4.79 Å². The number of nitrogens with one attached hydrogen (secondary N) is 2. The molecule has 0 saturated carbocycles. The number of anilines is 1. The molecular weight excluding hydrogens is 218 g/mol. The molecule has 0 aromatic carbocycles. The van der Waals surface area contributed by atoms with E-state index < -0.39 is 0 Å². The van der Waals surface area contributed by atoms with Crippen molar-refractivity contribution in [2.24, 2.45) is 5.92 Å². The Morgan fingerprint density at radius 3 is 2.76 bits per heavy atom. The summed E-state index contributed by atoms with van der Waals surface area (Å²) in [6.45, 7) is 6.21. The topological polar surface area (TPSA) is 78.0 Å². The molecule has 3 N–H and O–H groups in total. The van der Waals surface area contributed by atoms with Gasteiger partial charge in [-0.15, -0.1) is 0 Å². The zero-order valence-electron chi connectivity index (χ0n) is 10.7. The van der Waals surface area contributed by atoms with E-state index in [1.54, 1.807) is 0 Å². The van der Waals surface area contributed by atoms with Crippen LogP contribution in [0.25, 0.3) is 0 Å². The minimum Gasteiger partial charge on any atom is -0.396 e. The second-order valence-electron chi connectivity index (χ2n) is 4.44. The monoisotopic (exact) mass is 239 g/mol. The van der Waals surface area contributed by atoms with E-state index in [2.05, 4.69) is 29.1 Å². The van der Waals surface area contributed by atoms with Crippen molar-refractivity contribution in [3.8, 4) is 0 Å². The summed E-state index contributed by atoms with van der Waals surface area (Å²) in [6.07, 6.45) is 1.34. The quantitative estimate of drug-likeness (QED) is 0.696. The molecular formula is C12H21N3O2. The van der Waals surface area contributed by atoms with E-state index >= 15 is 0 Å². The molecule has 17 heavy (non-hydrogen) atoms. The van der Waals surface area contributed by atoms with Gasteiger partial charge in [0.1, 0.15) is 11.6 Å². The number of aliphatic hydroxyl groups excluding tert-OH is 1. The van der Waals surface area contributed by atoms with E-state index in [0.717, 1.165) is 0 Å². The Balaban J connectivity index is 2.85. The lowest BCUT2D eigenvalue weighted by atomic mass is 10.0. The Hall–Kier alpha value is -1.36. The van der Waals surface area contributed by atoms with Crippen LogP contribution >= 0.6 is 0 Å². The van der Waals surface area contributed by atoms with E-state index in [4.69, 9.17) is 5.11 Å². The van der Waals surface area contributed by atoms with E-state index in [1.165, 1.54) is 6.07 Å². The van der Waals surface area contributed by atoms with Gasteiger partial charge < -0.3 is 15.4 Å². The third kappa shape index (κ3) is 4.19. The first-order valence-electron chi connectivity index (χ1n) is 6.04. The smallest absolute Gasteiger partial charge is 0.252 e. The van der Waals surface area contributed by atoms with Crippen molar-refractivity contribution < 1.29 is 5.11 Å². The Bertz CT molecular complexity index is 401. The number of aromatic amines is 1. The van der Waals surface area contributed by atoms with Crippen LogP contribution in [0.3, 0.4) is 0 Å². The number of aryl methyl sites for hydroxylation is 1. The van der Waals surface area contributed by atoms with Crippen molar-refractivity contribution in [3.05, 3.63) is 22.2 Å².